The first-order chi connectivity index (χ1) is 16.6. The van der Waals surface area contributed by atoms with Gasteiger partial charge in [-0.3, -0.25) is 4.90 Å². The molecule has 34 heavy (non-hydrogen) atoms. The van der Waals surface area contributed by atoms with Crippen LogP contribution in [0.1, 0.15) is 35.7 Å². The second-order valence-corrected chi connectivity index (χ2v) is 9.11. The summed E-state index contributed by atoms with van der Waals surface area (Å²) in [7, 11) is 1.72. The highest BCUT2D eigenvalue weighted by molar-refractivity contribution is 5.61. The molecule has 3 aromatic rings. The van der Waals surface area contributed by atoms with E-state index in [4.69, 9.17) is 14.7 Å². The Hall–Kier alpha value is -2.80. The van der Waals surface area contributed by atoms with Gasteiger partial charge in [0.05, 0.1) is 18.4 Å². The number of anilines is 1. The van der Waals surface area contributed by atoms with Crippen LogP contribution >= 0.6 is 0 Å². The largest absolute Gasteiger partial charge is 0.392 e. The van der Waals surface area contributed by atoms with E-state index in [1.165, 1.54) is 11.1 Å². The Labute approximate surface area is 203 Å². The summed E-state index contributed by atoms with van der Waals surface area (Å²) in [5.74, 6) is 1.73. The number of hydrogen-bond donors (Lipinski definition) is 1. The molecule has 6 nitrogen and oxygen atoms in total. The van der Waals surface area contributed by atoms with Crippen molar-refractivity contribution in [2.75, 3.05) is 44.7 Å². The number of nitrogens with zero attached hydrogens (tertiary/aromatic N) is 4. The first kappa shape index (κ1) is 24.3. The van der Waals surface area contributed by atoms with Gasteiger partial charge in [-0.05, 0) is 18.9 Å². The van der Waals surface area contributed by atoms with Crippen LogP contribution in [-0.4, -0.2) is 65.9 Å². The van der Waals surface area contributed by atoms with Crippen molar-refractivity contribution >= 4 is 5.82 Å². The molecule has 2 heterocycles. The minimum absolute atomic E-state index is 0.263. The van der Waals surface area contributed by atoms with Crippen molar-refractivity contribution in [2.24, 2.45) is 0 Å². The van der Waals surface area contributed by atoms with Crippen molar-refractivity contribution in [1.82, 2.24) is 14.9 Å². The van der Waals surface area contributed by atoms with Gasteiger partial charge in [0.1, 0.15) is 5.82 Å². The summed E-state index contributed by atoms with van der Waals surface area (Å²) in [6, 6.07) is 18.8. The molecule has 1 aliphatic heterocycles. The molecule has 1 aromatic heterocycles. The molecule has 0 spiro atoms. The van der Waals surface area contributed by atoms with E-state index in [2.05, 4.69) is 53.1 Å². The van der Waals surface area contributed by atoms with Gasteiger partial charge in [0.15, 0.2) is 5.82 Å². The minimum atomic E-state index is -0.263. The van der Waals surface area contributed by atoms with E-state index < -0.39 is 0 Å². The standard InChI is InChI=1S/C28H36N4O2/c1-4-24(33)19-31-14-16-32(17-15-31)28-25(18-22-12-10-21(2)11-13-22)26(20-34-3)29-27(30-28)23-8-6-5-7-9-23/h5-13,24,33H,4,14-20H2,1-3H3. The molecule has 0 aliphatic carbocycles. The molecule has 1 saturated heterocycles. The molecule has 0 saturated carbocycles. The maximum absolute atomic E-state index is 10.1. The average molecular weight is 461 g/mol. The van der Waals surface area contributed by atoms with Crippen molar-refractivity contribution < 1.29 is 9.84 Å². The number of hydrogen-bond acceptors (Lipinski definition) is 6. The third-order valence-corrected chi connectivity index (χ3v) is 6.50. The molecule has 180 valence electrons. The summed E-state index contributed by atoms with van der Waals surface area (Å²) in [6.07, 6.45) is 1.28. The van der Waals surface area contributed by atoms with E-state index in [1.807, 2.05) is 25.1 Å². The number of aryl methyl sites for hydroxylation is 1. The minimum Gasteiger partial charge on any atom is -0.392 e. The molecule has 1 unspecified atom stereocenters. The van der Waals surface area contributed by atoms with Gasteiger partial charge in [-0.15, -0.1) is 0 Å². The van der Waals surface area contributed by atoms with Gasteiger partial charge in [0.2, 0.25) is 0 Å². The number of aliphatic hydroxyl groups excluding tert-OH is 1. The highest BCUT2D eigenvalue weighted by Crippen LogP contribution is 2.29. The molecule has 4 rings (SSSR count). The van der Waals surface area contributed by atoms with Crippen LogP contribution in [0.25, 0.3) is 11.4 Å². The van der Waals surface area contributed by atoms with Crippen LogP contribution in [0.15, 0.2) is 54.6 Å². The molecule has 0 amide bonds. The number of piperazine rings is 1. The van der Waals surface area contributed by atoms with Gasteiger partial charge in [0.25, 0.3) is 0 Å². The van der Waals surface area contributed by atoms with E-state index in [-0.39, 0.29) is 6.10 Å². The zero-order valence-corrected chi connectivity index (χ0v) is 20.6. The Balaban J connectivity index is 1.70. The number of aromatic nitrogens is 2. The lowest BCUT2D eigenvalue weighted by Crippen LogP contribution is -2.49. The van der Waals surface area contributed by atoms with Gasteiger partial charge in [-0.1, -0.05) is 67.1 Å². The number of methoxy groups -OCH3 is 1. The lowest BCUT2D eigenvalue weighted by atomic mass is 10.0. The zero-order chi connectivity index (χ0) is 23.9. The second-order valence-electron chi connectivity index (χ2n) is 9.11. The summed E-state index contributed by atoms with van der Waals surface area (Å²) < 4.78 is 5.59. The van der Waals surface area contributed by atoms with Crippen LogP contribution in [0.5, 0.6) is 0 Å². The van der Waals surface area contributed by atoms with E-state index in [0.29, 0.717) is 6.61 Å². The van der Waals surface area contributed by atoms with Gasteiger partial charge in [-0.25, -0.2) is 9.97 Å². The van der Waals surface area contributed by atoms with Crippen molar-refractivity contribution in [1.29, 1.82) is 0 Å². The van der Waals surface area contributed by atoms with Crippen LogP contribution in [0.4, 0.5) is 5.82 Å². The van der Waals surface area contributed by atoms with Crippen LogP contribution in [0.2, 0.25) is 0 Å². The molecule has 0 bridgehead atoms. The predicted molar refractivity (Wildman–Crippen MR) is 137 cm³/mol. The molecule has 6 heteroatoms. The zero-order valence-electron chi connectivity index (χ0n) is 20.6. The molecular formula is C28H36N4O2. The lowest BCUT2D eigenvalue weighted by molar-refractivity contribution is 0.106. The Morgan fingerprint density at radius 3 is 2.32 bits per heavy atom. The SMILES string of the molecule is CCC(O)CN1CCN(c2nc(-c3ccccc3)nc(COC)c2Cc2ccc(C)cc2)CC1. The van der Waals surface area contributed by atoms with Crippen molar-refractivity contribution in [3.63, 3.8) is 0 Å². The highest BCUT2D eigenvalue weighted by Gasteiger charge is 2.25. The number of rotatable bonds is 9. The van der Waals surface area contributed by atoms with Crippen LogP contribution in [-0.2, 0) is 17.8 Å². The maximum Gasteiger partial charge on any atom is 0.161 e. The molecule has 1 N–H and O–H groups in total. The van der Waals surface area contributed by atoms with Gasteiger partial charge >= 0.3 is 0 Å². The van der Waals surface area contributed by atoms with Gasteiger partial charge in [0, 0.05) is 57.4 Å². The molecule has 1 atom stereocenters. The quantitative estimate of drug-likeness (QED) is 0.519. The van der Waals surface area contributed by atoms with Crippen molar-refractivity contribution in [2.45, 2.75) is 39.4 Å². The summed E-state index contributed by atoms with van der Waals surface area (Å²) in [6.45, 7) is 8.87. The predicted octanol–water partition coefficient (Wildman–Crippen LogP) is 4.08. The van der Waals surface area contributed by atoms with Gasteiger partial charge < -0.3 is 14.7 Å². The average Bonchev–Trinajstić information content (AvgIpc) is 2.87. The van der Waals surface area contributed by atoms with Crippen molar-refractivity contribution in [3.8, 4) is 11.4 Å². The third-order valence-electron chi connectivity index (χ3n) is 6.50. The number of aliphatic hydroxyl groups is 1. The van der Waals surface area contributed by atoms with E-state index in [9.17, 15) is 5.11 Å². The summed E-state index contributed by atoms with van der Waals surface area (Å²) in [5, 5.41) is 10.1. The van der Waals surface area contributed by atoms with E-state index in [1.54, 1.807) is 7.11 Å². The maximum atomic E-state index is 10.1. The summed E-state index contributed by atoms with van der Waals surface area (Å²) in [5.41, 5.74) is 5.57. The molecule has 2 aromatic carbocycles. The first-order valence-electron chi connectivity index (χ1n) is 12.2. The normalized spacial score (nSPS) is 15.5. The summed E-state index contributed by atoms with van der Waals surface area (Å²) >= 11 is 0. The topological polar surface area (TPSA) is 61.7 Å². The fraction of sp³-hybridized carbons (Fsp3) is 0.429. The number of ether oxygens (including phenoxy) is 1. The molecular weight excluding hydrogens is 424 g/mol. The van der Waals surface area contributed by atoms with Crippen LogP contribution in [0.3, 0.4) is 0 Å². The Kier molecular flexibility index (Phi) is 8.27. The van der Waals surface area contributed by atoms with Crippen LogP contribution in [0, 0.1) is 6.92 Å². The van der Waals surface area contributed by atoms with Crippen molar-refractivity contribution in [3.05, 3.63) is 77.0 Å². The fourth-order valence-electron chi connectivity index (χ4n) is 4.41. The van der Waals surface area contributed by atoms with E-state index in [0.717, 1.165) is 74.0 Å². The molecule has 1 aliphatic rings. The monoisotopic (exact) mass is 460 g/mol. The van der Waals surface area contributed by atoms with Gasteiger partial charge in [-0.2, -0.15) is 0 Å². The van der Waals surface area contributed by atoms with E-state index >= 15 is 0 Å². The highest BCUT2D eigenvalue weighted by atomic mass is 16.5. The Morgan fingerprint density at radius 1 is 0.971 bits per heavy atom. The second kappa shape index (κ2) is 11.6. The Morgan fingerprint density at radius 2 is 1.68 bits per heavy atom. The molecule has 0 radical (unpaired) electrons. The third kappa shape index (κ3) is 6.00. The van der Waals surface area contributed by atoms with Crippen LogP contribution < -0.4 is 4.90 Å². The smallest absolute Gasteiger partial charge is 0.161 e. The lowest BCUT2D eigenvalue weighted by Gasteiger charge is -2.37. The first-order valence-corrected chi connectivity index (χ1v) is 12.2. The molecule has 1 fully saturated rings. The number of benzene rings is 2. The number of β-amino-alcohol motifs (C(OH)–C–C–N with tert-alkyl or cyclic N) is 1. The fourth-order valence-corrected chi connectivity index (χ4v) is 4.41. The Bertz CT molecular complexity index is 1050. The summed E-state index contributed by atoms with van der Waals surface area (Å²) in [4.78, 5) is 14.8.